The average molecular weight is 256 g/mol. The normalized spacial score (nSPS) is 34.8. The van der Waals surface area contributed by atoms with Crippen LogP contribution in [0.25, 0.3) is 0 Å². The molecule has 102 valence electrons. The van der Waals surface area contributed by atoms with Gasteiger partial charge in [0.2, 0.25) is 0 Å². The quantitative estimate of drug-likeness (QED) is 0.799. The third-order valence-electron chi connectivity index (χ3n) is 4.72. The molecule has 0 heterocycles. The molecule has 0 radical (unpaired) electrons. The molecular formula is C18H24O. The molecule has 0 aromatic heterocycles. The second-order valence-corrected chi connectivity index (χ2v) is 6.08. The minimum atomic E-state index is -0.378. The van der Waals surface area contributed by atoms with Gasteiger partial charge in [-0.2, -0.15) is 0 Å². The lowest BCUT2D eigenvalue weighted by atomic mass is 9.59. The van der Waals surface area contributed by atoms with E-state index in [0.717, 1.165) is 18.4 Å². The number of hydrogen-bond acceptors (Lipinski definition) is 1. The summed E-state index contributed by atoms with van der Waals surface area (Å²) in [5, 5.41) is 10.8. The maximum Gasteiger partial charge on any atom is 0.0681 e. The first-order valence-corrected chi connectivity index (χ1v) is 7.01. The maximum atomic E-state index is 10.8. The summed E-state index contributed by atoms with van der Waals surface area (Å²) >= 11 is 0. The minimum absolute atomic E-state index is 0.0489. The Balaban J connectivity index is 2.43. The summed E-state index contributed by atoms with van der Waals surface area (Å²) in [6.45, 7) is 12.3. The van der Waals surface area contributed by atoms with Crippen LogP contribution in [0.3, 0.4) is 0 Å². The topological polar surface area (TPSA) is 20.2 Å². The van der Waals surface area contributed by atoms with Gasteiger partial charge in [0.1, 0.15) is 0 Å². The third-order valence-corrected chi connectivity index (χ3v) is 4.72. The highest BCUT2D eigenvalue weighted by Gasteiger charge is 2.45. The van der Waals surface area contributed by atoms with Crippen molar-refractivity contribution in [3.63, 3.8) is 0 Å². The lowest BCUT2D eigenvalue weighted by Crippen LogP contribution is -2.42. The largest absolute Gasteiger partial charge is 0.392 e. The molecule has 1 aromatic carbocycles. The first kappa shape index (κ1) is 14.1. The van der Waals surface area contributed by atoms with Crippen molar-refractivity contribution in [3.05, 3.63) is 60.7 Å². The smallest absolute Gasteiger partial charge is 0.0681 e. The fraction of sp³-hybridized carbons (Fsp3) is 0.444. The standard InChI is InChI=1S/C18H24O/c1-5-18(4)12-11-15(13(2)3)17(19)16(18)14-9-7-6-8-10-14/h5-10,15-17,19H,1-2,11-12H2,3-4H3/t15-,16+,17-,18+/m0/s1. The molecule has 0 saturated heterocycles. The van der Waals surface area contributed by atoms with Crippen molar-refractivity contribution in [1.82, 2.24) is 0 Å². The van der Waals surface area contributed by atoms with E-state index < -0.39 is 0 Å². The lowest BCUT2D eigenvalue weighted by Gasteiger charge is -2.47. The molecule has 1 aromatic rings. The van der Waals surface area contributed by atoms with Crippen molar-refractivity contribution in [2.24, 2.45) is 11.3 Å². The maximum absolute atomic E-state index is 10.8. The molecular weight excluding hydrogens is 232 g/mol. The minimum Gasteiger partial charge on any atom is -0.392 e. The molecule has 1 heteroatoms. The Morgan fingerprint density at radius 3 is 2.53 bits per heavy atom. The molecule has 0 spiro atoms. The second-order valence-electron chi connectivity index (χ2n) is 6.08. The molecule has 19 heavy (non-hydrogen) atoms. The van der Waals surface area contributed by atoms with Gasteiger partial charge in [0.25, 0.3) is 0 Å². The van der Waals surface area contributed by atoms with Crippen LogP contribution < -0.4 is 0 Å². The Labute approximate surface area is 116 Å². The van der Waals surface area contributed by atoms with E-state index in [0.29, 0.717) is 0 Å². The molecule has 0 unspecified atom stereocenters. The van der Waals surface area contributed by atoms with Gasteiger partial charge in [-0.15, -0.1) is 6.58 Å². The summed E-state index contributed by atoms with van der Waals surface area (Å²) in [7, 11) is 0. The molecule has 0 bridgehead atoms. The fourth-order valence-corrected chi connectivity index (χ4v) is 3.42. The van der Waals surface area contributed by atoms with Gasteiger partial charge < -0.3 is 5.11 Å². The second kappa shape index (κ2) is 5.34. The molecule has 1 nitrogen and oxygen atoms in total. The van der Waals surface area contributed by atoms with E-state index in [9.17, 15) is 5.11 Å². The van der Waals surface area contributed by atoms with E-state index in [1.807, 2.05) is 31.2 Å². The lowest BCUT2D eigenvalue weighted by molar-refractivity contribution is 0.0145. The van der Waals surface area contributed by atoms with Gasteiger partial charge in [-0.1, -0.05) is 55.5 Å². The molecule has 2 rings (SSSR count). The number of allylic oxidation sites excluding steroid dienone is 1. The summed E-state index contributed by atoms with van der Waals surface area (Å²) in [6.07, 6.45) is 3.67. The summed E-state index contributed by atoms with van der Waals surface area (Å²) in [5.41, 5.74) is 2.23. The molecule has 4 atom stereocenters. The van der Waals surface area contributed by atoms with Gasteiger partial charge in [0.05, 0.1) is 6.10 Å². The predicted octanol–water partition coefficient (Wildman–Crippen LogP) is 4.31. The van der Waals surface area contributed by atoms with Crippen LogP contribution in [-0.2, 0) is 0 Å². The van der Waals surface area contributed by atoms with E-state index >= 15 is 0 Å². The highest BCUT2D eigenvalue weighted by molar-refractivity contribution is 5.28. The van der Waals surface area contributed by atoms with Crippen LogP contribution in [0.4, 0.5) is 0 Å². The summed E-state index contributed by atoms with van der Waals surface area (Å²) in [5.74, 6) is 0.292. The van der Waals surface area contributed by atoms with Crippen LogP contribution in [0, 0.1) is 11.3 Å². The van der Waals surface area contributed by atoms with Crippen molar-refractivity contribution in [2.75, 3.05) is 0 Å². The Hall–Kier alpha value is -1.34. The first-order chi connectivity index (χ1) is 8.99. The van der Waals surface area contributed by atoms with Gasteiger partial charge in [-0.05, 0) is 30.7 Å². The van der Waals surface area contributed by atoms with E-state index in [1.165, 1.54) is 5.56 Å². The molecule has 0 aliphatic heterocycles. The van der Waals surface area contributed by atoms with Crippen LogP contribution in [0.1, 0.15) is 38.2 Å². The van der Waals surface area contributed by atoms with Gasteiger partial charge in [0, 0.05) is 11.8 Å². The SMILES string of the molecule is C=C[C@]1(C)CC[C@@H](C(=C)C)[C@H](O)[C@H]1c1ccccc1. The Morgan fingerprint density at radius 2 is 2.00 bits per heavy atom. The first-order valence-electron chi connectivity index (χ1n) is 7.01. The number of rotatable bonds is 3. The van der Waals surface area contributed by atoms with Gasteiger partial charge in [-0.3, -0.25) is 0 Å². The van der Waals surface area contributed by atoms with E-state index in [2.05, 4.69) is 32.2 Å². The number of aliphatic hydroxyl groups is 1. The van der Waals surface area contributed by atoms with E-state index in [4.69, 9.17) is 0 Å². The summed E-state index contributed by atoms with van der Waals surface area (Å²) in [4.78, 5) is 0. The zero-order valence-corrected chi connectivity index (χ0v) is 12.0. The van der Waals surface area contributed by atoms with Gasteiger partial charge in [-0.25, -0.2) is 0 Å². The summed E-state index contributed by atoms with van der Waals surface area (Å²) < 4.78 is 0. The monoisotopic (exact) mass is 256 g/mol. The van der Waals surface area contributed by atoms with Gasteiger partial charge in [0.15, 0.2) is 0 Å². The van der Waals surface area contributed by atoms with Crippen molar-refractivity contribution < 1.29 is 5.11 Å². The van der Waals surface area contributed by atoms with Crippen LogP contribution in [0.5, 0.6) is 0 Å². The van der Waals surface area contributed by atoms with Crippen molar-refractivity contribution >= 4 is 0 Å². The number of benzene rings is 1. The number of hydrogen-bond donors (Lipinski definition) is 1. The van der Waals surface area contributed by atoms with E-state index in [1.54, 1.807) is 0 Å². The van der Waals surface area contributed by atoms with Gasteiger partial charge >= 0.3 is 0 Å². The molecule has 1 saturated carbocycles. The average Bonchev–Trinajstić information content (AvgIpc) is 2.39. The van der Waals surface area contributed by atoms with Crippen molar-refractivity contribution in [1.29, 1.82) is 0 Å². The molecule has 0 amide bonds. The van der Waals surface area contributed by atoms with Crippen LogP contribution in [0.2, 0.25) is 0 Å². The zero-order valence-electron chi connectivity index (χ0n) is 12.0. The predicted molar refractivity (Wildman–Crippen MR) is 81.0 cm³/mol. The highest BCUT2D eigenvalue weighted by atomic mass is 16.3. The zero-order chi connectivity index (χ0) is 14.0. The molecule has 1 fully saturated rings. The molecule has 1 N–H and O–H groups in total. The summed E-state index contributed by atoms with van der Waals surface area (Å²) in [6, 6.07) is 10.3. The highest BCUT2D eigenvalue weighted by Crippen LogP contribution is 2.51. The Bertz CT molecular complexity index is 462. The molecule has 1 aliphatic carbocycles. The third kappa shape index (κ3) is 2.52. The van der Waals surface area contributed by atoms with E-state index in [-0.39, 0.29) is 23.4 Å². The van der Waals surface area contributed by atoms with Crippen molar-refractivity contribution in [3.8, 4) is 0 Å². The Kier molecular flexibility index (Phi) is 3.96. The van der Waals surface area contributed by atoms with Crippen LogP contribution in [0.15, 0.2) is 55.1 Å². The fourth-order valence-electron chi connectivity index (χ4n) is 3.42. The van der Waals surface area contributed by atoms with Crippen molar-refractivity contribution in [2.45, 2.75) is 38.7 Å². The Morgan fingerprint density at radius 1 is 1.37 bits per heavy atom. The van der Waals surface area contributed by atoms with Crippen LogP contribution in [-0.4, -0.2) is 11.2 Å². The molecule has 1 aliphatic rings. The van der Waals surface area contributed by atoms with Crippen LogP contribution >= 0.6 is 0 Å². The number of aliphatic hydroxyl groups excluding tert-OH is 1.